The Morgan fingerprint density at radius 3 is 2.77 bits per heavy atom. The molecule has 2 heterocycles. The summed E-state index contributed by atoms with van der Waals surface area (Å²) >= 11 is 1.61. The zero-order valence-corrected chi connectivity index (χ0v) is 13.6. The molecule has 1 aromatic carbocycles. The van der Waals surface area contributed by atoms with Gasteiger partial charge in [-0.3, -0.25) is 9.59 Å². The number of nitrogens with zero attached hydrogens (tertiary/aromatic N) is 2. The first-order valence-corrected chi connectivity index (χ1v) is 8.51. The van der Waals surface area contributed by atoms with Crippen LogP contribution in [0.25, 0.3) is 0 Å². The molecule has 0 saturated carbocycles. The molecule has 2 amide bonds. The first-order chi connectivity index (χ1) is 10.6. The standard InChI is InChI=1S/C16H21N3O2S/c1-18(11-15(20)19-8-6-17-7-9-19)16(21)14-10-12-4-2-3-5-13(12)22-14/h2-5,14,17H,6-11H2,1H3. The van der Waals surface area contributed by atoms with E-state index in [1.54, 1.807) is 23.7 Å². The van der Waals surface area contributed by atoms with E-state index in [0.29, 0.717) is 0 Å². The van der Waals surface area contributed by atoms with Crippen LogP contribution < -0.4 is 5.32 Å². The number of fused-ring (bicyclic) bond motifs is 1. The molecule has 3 rings (SSSR count). The molecule has 0 radical (unpaired) electrons. The number of benzene rings is 1. The van der Waals surface area contributed by atoms with Gasteiger partial charge in [0.15, 0.2) is 0 Å². The maximum atomic E-state index is 12.6. The van der Waals surface area contributed by atoms with Crippen molar-refractivity contribution in [1.29, 1.82) is 0 Å². The smallest absolute Gasteiger partial charge is 0.242 e. The quantitative estimate of drug-likeness (QED) is 0.886. The highest BCUT2D eigenvalue weighted by molar-refractivity contribution is 8.01. The van der Waals surface area contributed by atoms with Crippen LogP contribution in [0, 0.1) is 0 Å². The third-order valence-electron chi connectivity index (χ3n) is 4.14. The summed E-state index contributed by atoms with van der Waals surface area (Å²) in [4.78, 5) is 29.4. The fraction of sp³-hybridized carbons (Fsp3) is 0.500. The Kier molecular flexibility index (Phi) is 4.69. The van der Waals surface area contributed by atoms with E-state index in [9.17, 15) is 9.59 Å². The summed E-state index contributed by atoms with van der Waals surface area (Å²) < 4.78 is 0. The molecule has 1 atom stereocenters. The molecule has 1 N–H and O–H groups in total. The van der Waals surface area contributed by atoms with Gasteiger partial charge in [0.05, 0.1) is 11.8 Å². The lowest BCUT2D eigenvalue weighted by Gasteiger charge is -2.29. The van der Waals surface area contributed by atoms with E-state index in [4.69, 9.17) is 0 Å². The first kappa shape index (κ1) is 15.4. The van der Waals surface area contributed by atoms with Crippen molar-refractivity contribution < 1.29 is 9.59 Å². The summed E-state index contributed by atoms with van der Waals surface area (Å²) in [5, 5.41) is 3.12. The van der Waals surface area contributed by atoms with Crippen molar-refractivity contribution in [3.8, 4) is 0 Å². The number of likely N-dealkylation sites (N-methyl/N-ethyl adjacent to an activating group) is 1. The Balaban J connectivity index is 1.55. The number of hydrogen-bond donors (Lipinski definition) is 1. The molecule has 0 bridgehead atoms. The van der Waals surface area contributed by atoms with Crippen molar-refractivity contribution in [2.75, 3.05) is 39.8 Å². The van der Waals surface area contributed by atoms with Crippen molar-refractivity contribution in [2.45, 2.75) is 16.6 Å². The molecular weight excluding hydrogens is 298 g/mol. The molecule has 1 aromatic rings. The Labute approximate surface area is 135 Å². The van der Waals surface area contributed by atoms with E-state index >= 15 is 0 Å². The normalized spacial score (nSPS) is 20.6. The number of amides is 2. The van der Waals surface area contributed by atoms with Crippen LogP contribution in [0.1, 0.15) is 5.56 Å². The summed E-state index contributed by atoms with van der Waals surface area (Å²) in [6.45, 7) is 3.29. The Hall–Kier alpha value is -1.53. The Bertz CT molecular complexity index is 547. The summed E-state index contributed by atoms with van der Waals surface area (Å²) in [6, 6.07) is 8.13. The molecule has 1 fully saturated rings. The zero-order valence-electron chi connectivity index (χ0n) is 12.7. The van der Waals surface area contributed by atoms with Crippen molar-refractivity contribution in [3.63, 3.8) is 0 Å². The van der Waals surface area contributed by atoms with Gasteiger partial charge >= 0.3 is 0 Å². The zero-order chi connectivity index (χ0) is 15.5. The van der Waals surface area contributed by atoms with Gasteiger partial charge in [-0.1, -0.05) is 18.2 Å². The largest absolute Gasteiger partial charge is 0.339 e. The monoisotopic (exact) mass is 319 g/mol. The van der Waals surface area contributed by atoms with E-state index in [2.05, 4.69) is 17.4 Å². The van der Waals surface area contributed by atoms with Crippen LogP contribution in [0.5, 0.6) is 0 Å². The second-order valence-electron chi connectivity index (χ2n) is 5.74. The molecule has 0 aliphatic carbocycles. The maximum Gasteiger partial charge on any atom is 0.242 e. The molecule has 0 aromatic heterocycles. The van der Waals surface area contributed by atoms with Gasteiger partial charge in [0, 0.05) is 38.1 Å². The fourth-order valence-electron chi connectivity index (χ4n) is 2.86. The minimum absolute atomic E-state index is 0.0397. The van der Waals surface area contributed by atoms with Crippen LogP contribution in [0.4, 0.5) is 0 Å². The van der Waals surface area contributed by atoms with Crippen LogP contribution in [0.2, 0.25) is 0 Å². The van der Waals surface area contributed by atoms with Gasteiger partial charge in [0.2, 0.25) is 11.8 Å². The average molecular weight is 319 g/mol. The average Bonchev–Trinajstić information content (AvgIpc) is 2.98. The van der Waals surface area contributed by atoms with Gasteiger partial charge in [-0.25, -0.2) is 0 Å². The number of thioether (sulfide) groups is 1. The van der Waals surface area contributed by atoms with E-state index in [0.717, 1.165) is 32.6 Å². The molecule has 6 heteroatoms. The fourth-order valence-corrected chi connectivity index (χ4v) is 4.17. The van der Waals surface area contributed by atoms with E-state index < -0.39 is 0 Å². The van der Waals surface area contributed by atoms with Crippen molar-refractivity contribution >= 4 is 23.6 Å². The minimum Gasteiger partial charge on any atom is -0.339 e. The van der Waals surface area contributed by atoms with Crippen LogP contribution in [0.3, 0.4) is 0 Å². The minimum atomic E-state index is -0.0989. The Morgan fingerprint density at radius 2 is 2.05 bits per heavy atom. The number of carbonyl (C=O) groups is 2. The SMILES string of the molecule is CN(CC(=O)N1CCNCC1)C(=O)C1Cc2ccccc2S1. The number of rotatable bonds is 3. The van der Waals surface area contributed by atoms with E-state index in [1.165, 1.54) is 10.5 Å². The van der Waals surface area contributed by atoms with Gasteiger partial charge in [-0.15, -0.1) is 11.8 Å². The first-order valence-electron chi connectivity index (χ1n) is 7.63. The Morgan fingerprint density at radius 1 is 1.32 bits per heavy atom. The molecule has 5 nitrogen and oxygen atoms in total. The summed E-state index contributed by atoms with van der Waals surface area (Å²) in [6.07, 6.45) is 0.756. The van der Waals surface area contributed by atoms with Gasteiger partial charge < -0.3 is 15.1 Å². The summed E-state index contributed by atoms with van der Waals surface area (Å²) in [5.41, 5.74) is 1.23. The van der Waals surface area contributed by atoms with Gasteiger partial charge in [-0.2, -0.15) is 0 Å². The predicted molar refractivity (Wildman–Crippen MR) is 86.9 cm³/mol. The number of piperazine rings is 1. The molecular formula is C16H21N3O2S. The highest BCUT2D eigenvalue weighted by Gasteiger charge is 2.31. The third kappa shape index (κ3) is 3.28. The van der Waals surface area contributed by atoms with E-state index in [-0.39, 0.29) is 23.6 Å². The molecule has 0 spiro atoms. The second kappa shape index (κ2) is 6.71. The highest BCUT2D eigenvalue weighted by Crippen LogP contribution is 2.37. The summed E-state index contributed by atoms with van der Waals surface area (Å²) in [5.74, 6) is 0.0857. The predicted octanol–water partition coefficient (Wildman–Crippen LogP) is 0.594. The number of hydrogen-bond acceptors (Lipinski definition) is 4. The molecule has 1 saturated heterocycles. The lowest BCUT2D eigenvalue weighted by molar-refractivity contribution is -0.139. The van der Waals surface area contributed by atoms with Crippen LogP contribution in [-0.2, 0) is 16.0 Å². The van der Waals surface area contributed by atoms with Crippen LogP contribution in [-0.4, -0.2) is 66.6 Å². The number of carbonyl (C=O) groups excluding carboxylic acids is 2. The highest BCUT2D eigenvalue weighted by atomic mass is 32.2. The van der Waals surface area contributed by atoms with E-state index in [1.807, 2.05) is 17.0 Å². The van der Waals surface area contributed by atoms with Crippen molar-refractivity contribution in [2.24, 2.45) is 0 Å². The van der Waals surface area contributed by atoms with Crippen molar-refractivity contribution in [1.82, 2.24) is 15.1 Å². The molecule has 2 aliphatic rings. The third-order valence-corrected chi connectivity index (χ3v) is 5.45. The summed E-state index contributed by atoms with van der Waals surface area (Å²) in [7, 11) is 1.73. The molecule has 118 valence electrons. The second-order valence-corrected chi connectivity index (χ2v) is 6.99. The topological polar surface area (TPSA) is 52.7 Å². The molecule has 2 aliphatic heterocycles. The van der Waals surface area contributed by atoms with Gasteiger partial charge in [0.25, 0.3) is 0 Å². The van der Waals surface area contributed by atoms with Gasteiger partial charge in [-0.05, 0) is 18.1 Å². The molecule has 1 unspecified atom stereocenters. The van der Waals surface area contributed by atoms with Crippen LogP contribution in [0.15, 0.2) is 29.2 Å². The van der Waals surface area contributed by atoms with Gasteiger partial charge in [0.1, 0.15) is 0 Å². The van der Waals surface area contributed by atoms with Crippen LogP contribution >= 0.6 is 11.8 Å². The van der Waals surface area contributed by atoms with Crippen molar-refractivity contribution in [3.05, 3.63) is 29.8 Å². The lowest BCUT2D eigenvalue weighted by atomic mass is 10.1. The number of nitrogens with one attached hydrogen (secondary N) is 1. The molecule has 22 heavy (non-hydrogen) atoms. The maximum absolute atomic E-state index is 12.6. The lowest BCUT2D eigenvalue weighted by Crippen LogP contribution is -2.50.